The molecule has 0 bridgehead atoms. The number of hydrazine groups is 2. The van der Waals surface area contributed by atoms with E-state index in [-0.39, 0.29) is 0 Å². The number of nitrogens with zero attached hydrogens (tertiary/aromatic N) is 1. The van der Waals surface area contributed by atoms with Crippen LogP contribution in [0, 0.1) is 4.91 Å². The summed E-state index contributed by atoms with van der Waals surface area (Å²) < 4.78 is 0. The van der Waals surface area contributed by atoms with Gasteiger partial charge in [0.15, 0.2) is 4.87 Å². The van der Waals surface area contributed by atoms with E-state index in [1.54, 1.807) is 6.08 Å². The highest BCUT2D eigenvalue weighted by atomic mass is 16.3. The highest BCUT2D eigenvalue weighted by molar-refractivity contribution is 5.65. The molecule has 1 aromatic rings. The summed E-state index contributed by atoms with van der Waals surface area (Å²) in [6.45, 7) is 0. The van der Waals surface area contributed by atoms with Crippen LogP contribution < -0.4 is 11.0 Å². The lowest BCUT2D eigenvalue weighted by atomic mass is 10.2. The van der Waals surface area contributed by atoms with Crippen molar-refractivity contribution in [3.05, 3.63) is 40.9 Å². The van der Waals surface area contributed by atoms with Gasteiger partial charge in [0.1, 0.15) is 0 Å². The summed E-state index contributed by atoms with van der Waals surface area (Å²) in [4.78, 5) is 11.4. The Hall–Kier alpha value is -1.84. The first-order valence-corrected chi connectivity index (χ1v) is 3.61. The summed E-state index contributed by atoms with van der Waals surface area (Å²) in [7, 11) is 0. The standard InChI is InChI=1S/C8H8N3O/c12-11-6-5-7-3-1-2-4-8(7)9-10-11/h1-6,9H,(H,10,12)/q+1. The molecule has 0 spiro atoms. The van der Waals surface area contributed by atoms with Crippen LogP contribution in [0.5, 0.6) is 0 Å². The summed E-state index contributed by atoms with van der Waals surface area (Å²) >= 11 is 0. The van der Waals surface area contributed by atoms with E-state index in [9.17, 15) is 4.91 Å². The fraction of sp³-hybridized carbons (Fsp3) is 0. The number of rotatable bonds is 0. The van der Waals surface area contributed by atoms with Gasteiger partial charge in [-0.1, -0.05) is 23.7 Å². The van der Waals surface area contributed by atoms with E-state index in [0.29, 0.717) is 4.87 Å². The van der Waals surface area contributed by atoms with Crippen molar-refractivity contribution in [2.45, 2.75) is 0 Å². The predicted octanol–water partition coefficient (Wildman–Crippen LogP) is 1.28. The zero-order valence-corrected chi connectivity index (χ0v) is 6.32. The van der Waals surface area contributed by atoms with E-state index in [2.05, 4.69) is 11.0 Å². The minimum atomic E-state index is 0.611. The number of hydrogen-bond donors (Lipinski definition) is 2. The van der Waals surface area contributed by atoms with Crippen molar-refractivity contribution in [2.24, 2.45) is 0 Å². The third-order valence-electron chi connectivity index (χ3n) is 1.65. The number of nitrogens with one attached hydrogen (secondary N) is 2. The lowest BCUT2D eigenvalue weighted by Crippen LogP contribution is -2.27. The smallest absolute Gasteiger partial charge is 0.249 e. The van der Waals surface area contributed by atoms with E-state index in [1.165, 1.54) is 6.20 Å². The summed E-state index contributed by atoms with van der Waals surface area (Å²) in [5, 5.41) is 0. The third kappa shape index (κ3) is 1.14. The Kier molecular flexibility index (Phi) is 1.51. The first-order valence-electron chi connectivity index (χ1n) is 3.61. The molecule has 0 saturated heterocycles. The van der Waals surface area contributed by atoms with Crippen LogP contribution in [0.1, 0.15) is 5.56 Å². The summed E-state index contributed by atoms with van der Waals surface area (Å²) in [5.74, 6) is 0. The van der Waals surface area contributed by atoms with Gasteiger partial charge in [0.25, 0.3) is 6.20 Å². The molecule has 0 aromatic heterocycles. The van der Waals surface area contributed by atoms with Crippen LogP contribution in [0.3, 0.4) is 0 Å². The fourth-order valence-corrected chi connectivity index (χ4v) is 1.06. The fourth-order valence-electron chi connectivity index (χ4n) is 1.06. The largest absolute Gasteiger partial charge is 0.259 e. The lowest BCUT2D eigenvalue weighted by Gasteiger charge is -2.01. The maximum atomic E-state index is 10.8. The lowest BCUT2D eigenvalue weighted by molar-refractivity contribution is -0.536. The Morgan fingerprint density at radius 1 is 1.25 bits per heavy atom. The zero-order valence-electron chi connectivity index (χ0n) is 6.32. The molecule has 2 rings (SSSR count). The van der Waals surface area contributed by atoms with Crippen molar-refractivity contribution in [1.29, 1.82) is 0 Å². The van der Waals surface area contributed by atoms with E-state index in [0.717, 1.165) is 11.3 Å². The number of hydrogen-bond acceptors (Lipinski definition) is 2. The maximum absolute atomic E-state index is 10.8. The third-order valence-corrected chi connectivity index (χ3v) is 1.65. The van der Waals surface area contributed by atoms with Crippen LogP contribution in [0.2, 0.25) is 0 Å². The Morgan fingerprint density at radius 3 is 3.00 bits per heavy atom. The molecular formula is C8H8N3O+. The van der Waals surface area contributed by atoms with Crippen LogP contribution in [0.25, 0.3) is 6.08 Å². The van der Waals surface area contributed by atoms with E-state index in [1.807, 2.05) is 24.3 Å². The van der Waals surface area contributed by atoms with E-state index in [4.69, 9.17) is 0 Å². The average Bonchev–Trinajstić information content (AvgIpc) is 2.29. The number of anilines is 1. The minimum Gasteiger partial charge on any atom is -0.249 e. The molecule has 1 aromatic carbocycles. The van der Waals surface area contributed by atoms with Gasteiger partial charge in [0.05, 0.1) is 10.6 Å². The molecule has 0 fully saturated rings. The Balaban J connectivity index is 2.45. The Bertz CT molecular complexity index is 346. The van der Waals surface area contributed by atoms with Gasteiger partial charge in [-0.15, -0.1) is 0 Å². The first kappa shape index (κ1) is 6.84. The van der Waals surface area contributed by atoms with Gasteiger partial charge < -0.3 is 0 Å². The monoisotopic (exact) mass is 162 g/mol. The van der Waals surface area contributed by atoms with Crippen molar-refractivity contribution < 1.29 is 4.87 Å². The van der Waals surface area contributed by atoms with Gasteiger partial charge in [-0.2, -0.15) is 0 Å². The second-order valence-electron chi connectivity index (χ2n) is 2.47. The van der Waals surface area contributed by atoms with Gasteiger partial charge >= 0.3 is 0 Å². The molecule has 0 atom stereocenters. The number of nitroso groups, excluding NO2 is 1. The van der Waals surface area contributed by atoms with Crippen LogP contribution >= 0.6 is 0 Å². The topological polar surface area (TPSA) is 44.1 Å². The summed E-state index contributed by atoms with van der Waals surface area (Å²) in [6, 6.07) is 7.65. The SMILES string of the molecule is O=[N+]1C=Cc2ccccc2NN1. The molecule has 60 valence electrons. The molecule has 1 aliphatic rings. The van der Waals surface area contributed by atoms with Gasteiger partial charge in [-0.25, -0.2) is 5.43 Å². The molecular weight excluding hydrogens is 154 g/mol. The first-order chi connectivity index (χ1) is 5.86. The predicted molar refractivity (Wildman–Crippen MR) is 45.9 cm³/mol. The second-order valence-corrected chi connectivity index (χ2v) is 2.47. The molecule has 0 aliphatic carbocycles. The van der Waals surface area contributed by atoms with Crippen molar-refractivity contribution in [2.75, 3.05) is 5.43 Å². The van der Waals surface area contributed by atoms with Gasteiger partial charge in [-0.3, -0.25) is 0 Å². The number of para-hydroxylation sites is 1. The van der Waals surface area contributed by atoms with Crippen LogP contribution in [-0.2, 0) is 0 Å². The van der Waals surface area contributed by atoms with Crippen LogP contribution in [-0.4, -0.2) is 4.87 Å². The van der Waals surface area contributed by atoms with Crippen molar-refractivity contribution in [3.63, 3.8) is 0 Å². The molecule has 12 heavy (non-hydrogen) atoms. The molecule has 2 N–H and O–H groups in total. The van der Waals surface area contributed by atoms with Gasteiger partial charge in [-0.05, 0) is 6.07 Å². The molecule has 1 aliphatic heterocycles. The van der Waals surface area contributed by atoms with Crippen LogP contribution in [0.15, 0.2) is 30.5 Å². The zero-order chi connectivity index (χ0) is 8.39. The Morgan fingerprint density at radius 2 is 2.08 bits per heavy atom. The Labute approximate surface area is 69.4 Å². The molecule has 0 radical (unpaired) electrons. The highest BCUT2D eigenvalue weighted by Gasteiger charge is 2.08. The van der Waals surface area contributed by atoms with Gasteiger partial charge in [0.2, 0.25) is 0 Å². The van der Waals surface area contributed by atoms with Crippen LogP contribution in [0.4, 0.5) is 5.69 Å². The summed E-state index contributed by atoms with van der Waals surface area (Å²) in [6.07, 6.45) is 3.16. The minimum absolute atomic E-state index is 0.611. The molecule has 4 heteroatoms. The molecule has 0 saturated carbocycles. The number of benzene rings is 1. The molecule has 0 amide bonds. The van der Waals surface area contributed by atoms with Crippen molar-refractivity contribution >= 4 is 11.8 Å². The average molecular weight is 162 g/mol. The summed E-state index contributed by atoms with van der Waals surface area (Å²) in [5.41, 5.74) is 7.10. The molecule has 1 heterocycles. The van der Waals surface area contributed by atoms with Crippen molar-refractivity contribution in [1.82, 2.24) is 5.53 Å². The van der Waals surface area contributed by atoms with Gasteiger partial charge in [0, 0.05) is 11.6 Å². The normalized spacial score (nSPS) is 14.2. The second kappa shape index (κ2) is 2.65. The highest BCUT2D eigenvalue weighted by Crippen LogP contribution is 2.16. The van der Waals surface area contributed by atoms with Crippen molar-refractivity contribution in [3.8, 4) is 0 Å². The molecule has 0 unspecified atom stereocenters. The van der Waals surface area contributed by atoms with E-state index >= 15 is 0 Å². The number of fused-ring (bicyclic) bond motifs is 1. The van der Waals surface area contributed by atoms with E-state index < -0.39 is 0 Å². The molecule has 4 nitrogen and oxygen atoms in total. The quantitative estimate of drug-likeness (QED) is 0.565. The maximum Gasteiger partial charge on any atom is 0.259 e.